The molecule has 3 rings (SSSR count). The highest BCUT2D eigenvalue weighted by Crippen LogP contribution is 2.22. The van der Waals surface area contributed by atoms with E-state index in [1.165, 1.54) is 0 Å². The van der Waals surface area contributed by atoms with E-state index in [0.717, 1.165) is 22.0 Å². The van der Waals surface area contributed by atoms with Crippen molar-refractivity contribution in [2.75, 3.05) is 0 Å². The van der Waals surface area contributed by atoms with Crippen LogP contribution in [0, 0.1) is 11.8 Å². The largest absolute Gasteiger partial charge is 0.310 e. The van der Waals surface area contributed by atoms with E-state index in [-0.39, 0.29) is 5.56 Å². The molecule has 2 aromatic carbocycles. The summed E-state index contributed by atoms with van der Waals surface area (Å²) in [5.41, 5.74) is 2.46. The number of aryl methyl sites for hydroxylation is 1. The molecule has 0 radical (unpaired) electrons. The van der Waals surface area contributed by atoms with Gasteiger partial charge in [-0.2, -0.15) is 0 Å². The lowest BCUT2D eigenvalue weighted by atomic mass is 10.1. The molecule has 0 aliphatic carbocycles. The Hall–Kier alpha value is -2.31. The van der Waals surface area contributed by atoms with Crippen molar-refractivity contribution in [3.63, 3.8) is 0 Å². The first kappa shape index (κ1) is 13.7. The lowest BCUT2D eigenvalue weighted by molar-refractivity contribution is 0.898. The lowest BCUT2D eigenvalue weighted by Gasteiger charge is -2.08. The maximum Gasteiger partial charge on any atom is 0.266 e. The van der Waals surface area contributed by atoms with Crippen LogP contribution in [0.1, 0.15) is 11.1 Å². The van der Waals surface area contributed by atoms with Crippen LogP contribution in [0.2, 0.25) is 0 Å². The van der Waals surface area contributed by atoms with Crippen LogP contribution in [0.25, 0.3) is 10.9 Å². The fraction of sp³-hybridized carbons (Fsp3) is 0.0556. The molecule has 1 heterocycles. The molecule has 1 aromatic heterocycles. The normalized spacial score (nSPS) is 10.2. The lowest BCUT2D eigenvalue weighted by Crippen LogP contribution is -2.19. The van der Waals surface area contributed by atoms with E-state index in [1.54, 1.807) is 11.6 Å². The number of aromatic nitrogens is 1. The first-order valence-corrected chi connectivity index (χ1v) is 7.32. The summed E-state index contributed by atoms with van der Waals surface area (Å²) in [5, 5.41) is 0.968. The molecule has 0 atom stereocenters. The fourth-order valence-electron chi connectivity index (χ4n) is 2.24. The average molecular weight is 338 g/mol. The standard InChI is InChI=1S/C18H12BrNO/c1-20-16-10-6-5-9-14(16)15(17(19)18(20)21)12-11-13-7-3-2-4-8-13/h2-10H,1H3. The Morgan fingerprint density at radius 1 is 0.952 bits per heavy atom. The molecule has 0 bridgehead atoms. The third kappa shape index (κ3) is 2.51. The van der Waals surface area contributed by atoms with Gasteiger partial charge in [-0.15, -0.1) is 0 Å². The summed E-state index contributed by atoms with van der Waals surface area (Å²) in [5.74, 6) is 6.24. The minimum Gasteiger partial charge on any atom is -0.310 e. The molecular weight excluding hydrogens is 326 g/mol. The average Bonchev–Trinajstić information content (AvgIpc) is 2.54. The minimum absolute atomic E-state index is 0.0777. The quantitative estimate of drug-likeness (QED) is 0.573. The monoisotopic (exact) mass is 337 g/mol. The van der Waals surface area contributed by atoms with Gasteiger partial charge in [0.25, 0.3) is 5.56 Å². The van der Waals surface area contributed by atoms with Gasteiger partial charge in [-0.25, -0.2) is 0 Å². The molecule has 21 heavy (non-hydrogen) atoms. The van der Waals surface area contributed by atoms with Crippen LogP contribution in [0.5, 0.6) is 0 Å². The number of para-hydroxylation sites is 1. The van der Waals surface area contributed by atoms with E-state index in [4.69, 9.17) is 0 Å². The molecule has 0 saturated carbocycles. The highest BCUT2D eigenvalue weighted by atomic mass is 79.9. The zero-order chi connectivity index (χ0) is 14.8. The number of rotatable bonds is 0. The highest BCUT2D eigenvalue weighted by molar-refractivity contribution is 9.10. The summed E-state index contributed by atoms with van der Waals surface area (Å²) >= 11 is 3.39. The summed E-state index contributed by atoms with van der Waals surface area (Å²) < 4.78 is 2.14. The Morgan fingerprint density at radius 2 is 1.62 bits per heavy atom. The second-order valence-corrected chi connectivity index (χ2v) is 5.48. The van der Waals surface area contributed by atoms with Gasteiger partial charge in [-0.3, -0.25) is 4.79 Å². The van der Waals surface area contributed by atoms with Gasteiger partial charge in [0.2, 0.25) is 0 Å². The van der Waals surface area contributed by atoms with E-state index in [2.05, 4.69) is 27.8 Å². The second kappa shape index (κ2) is 5.59. The van der Waals surface area contributed by atoms with Gasteiger partial charge in [0.15, 0.2) is 0 Å². The zero-order valence-corrected chi connectivity index (χ0v) is 13.0. The van der Waals surface area contributed by atoms with Crippen molar-refractivity contribution in [1.82, 2.24) is 4.57 Å². The molecule has 0 fully saturated rings. The number of halogens is 1. The Morgan fingerprint density at radius 3 is 2.38 bits per heavy atom. The molecule has 0 amide bonds. The zero-order valence-electron chi connectivity index (χ0n) is 11.4. The molecule has 102 valence electrons. The van der Waals surface area contributed by atoms with Gasteiger partial charge >= 0.3 is 0 Å². The number of hydrogen-bond donors (Lipinski definition) is 0. The molecule has 0 spiro atoms. The van der Waals surface area contributed by atoms with Crippen LogP contribution in [-0.4, -0.2) is 4.57 Å². The molecule has 3 aromatic rings. The van der Waals surface area contributed by atoms with Gasteiger partial charge in [0.05, 0.1) is 15.6 Å². The summed E-state index contributed by atoms with van der Waals surface area (Å²) in [7, 11) is 1.77. The number of fused-ring (bicyclic) bond motifs is 1. The van der Waals surface area contributed by atoms with Crippen molar-refractivity contribution in [2.24, 2.45) is 7.05 Å². The van der Waals surface area contributed by atoms with Crippen molar-refractivity contribution < 1.29 is 0 Å². The number of pyridine rings is 1. The molecule has 0 aliphatic heterocycles. The van der Waals surface area contributed by atoms with Crippen LogP contribution < -0.4 is 5.56 Å². The maximum atomic E-state index is 12.3. The topological polar surface area (TPSA) is 22.0 Å². The minimum atomic E-state index is -0.0777. The van der Waals surface area contributed by atoms with E-state index >= 15 is 0 Å². The SMILES string of the molecule is Cn1c(=O)c(Br)c(C#Cc2ccccc2)c2ccccc21. The first-order valence-electron chi connectivity index (χ1n) is 6.53. The predicted molar refractivity (Wildman–Crippen MR) is 89.3 cm³/mol. The molecule has 3 heteroatoms. The molecule has 2 nitrogen and oxygen atoms in total. The highest BCUT2D eigenvalue weighted by Gasteiger charge is 2.10. The summed E-state index contributed by atoms with van der Waals surface area (Å²) in [6.07, 6.45) is 0. The van der Waals surface area contributed by atoms with E-state index in [0.29, 0.717) is 4.47 Å². The van der Waals surface area contributed by atoms with Crippen LogP contribution in [0.4, 0.5) is 0 Å². The summed E-state index contributed by atoms with van der Waals surface area (Å²) in [6.45, 7) is 0. The summed E-state index contributed by atoms with van der Waals surface area (Å²) in [4.78, 5) is 12.3. The molecule has 0 aliphatic rings. The van der Waals surface area contributed by atoms with Crippen molar-refractivity contribution in [3.05, 3.63) is 80.6 Å². The van der Waals surface area contributed by atoms with Crippen molar-refractivity contribution in [2.45, 2.75) is 0 Å². The van der Waals surface area contributed by atoms with Gasteiger partial charge in [0, 0.05) is 18.0 Å². The summed E-state index contributed by atoms with van der Waals surface area (Å²) in [6, 6.07) is 17.5. The van der Waals surface area contributed by atoms with Crippen molar-refractivity contribution >= 4 is 26.8 Å². The van der Waals surface area contributed by atoms with E-state index < -0.39 is 0 Å². The van der Waals surface area contributed by atoms with Crippen molar-refractivity contribution in [1.29, 1.82) is 0 Å². The molecule has 0 N–H and O–H groups in total. The van der Waals surface area contributed by atoms with Crippen LogP contribution in [0.3, 0.4) is 0 Å². The Kier molecular flexibility index (Phi) is 3.64. The van der Waals surface area contributed by atoms with Crippen LogP contribution in [0.15, 0.2) is 63.9 Å². The number of hydrogen-bond acceptors (Lipinski definition) is 1. The van der Waals surface area contributed by atoms with Gasteiger partial charge in [-0.1, -0.05) is 48.2 Å². The van der Waals surface area contributed by atoms with E-state index in [1.807, 2.05) is 54.6 Å². The van der Waals surface area contributed by atoms with E-state index in [9.17, 15) is 4.79 Å². The number of nitrogens with zero attached hydrogens (tertiary/aromatic N) is 1. The maximum absolute atomic E-state index is 12.3. The van der Waals surface area contributed by atoms with Crippen molar-refractivity contribution in [3.8, 4) is 11.8 Å². The van der Waals surface area contributed by atoms with Gasteiger partial charge in [-0.05, 0) is 34.1 Å². The van der Waals surface area contributed by atoms with Gasteiger partial charge < -0.3 is 4.57 Å². The molecular formula is C18H12BrNO. The molecule has 0 unspecified atom stereocenters. The van der Waals surface area contributed by atoms with Crippen LogP contribution >= 0.6 is 15.9 Å². The molecule has 0 saturated heterocycles. The Balaban J connectivity index is 2.29. The Bertz CT molecular complexity index is 930. The smallest absolute Gasteiger partial charge is 0.266 e. The Labute approximate surface area is 131 Å². The first-order chi connectivity index (χ1) is 10.2. The predicted octanol–water partition coefficient (Wildman–Crippen LogP) is 3.70. The fourth-order valence-corrected chi connectivity index (χ4v) is 2.82. The van der Waals surface area contributed by atoms with Crippen LogP contribution in [-0.2, 0) is 7.05 Å². The van der Waals surface area contributed by atoms with Gasteiger partial charge in [0.1, 0.15) is 0 Å². The number of benzene rings is 2. The third-order valence-electron chi connectivity index (χ3n) is 3.35. The second-order valence-electron chi connectivity index (χ2n) is 4.69. The third-order valence-corrected chi connectivity index (χ3v) is 4.09.